The number of nitrogens with zero attached hydrogens (tertiary/aromatic N) is 2. The van der Waals surface area contributed by atoms with E-state index >= 15 is 0 Å². The molecule has 224 valence electrons. The third-order valence-corrected chi connectivity index (χ3v) is 9.59. The van der Waals surface area contributed by atoms with E-state index in [2.05, 4.69) is 10.6 Å². The van der Waals surface area contributed by atoms with Crippen molar-refractivity contribution in [3.05, 3.63) is 102 Å². The molecule has 9 nitrogen and oxygen atoms in total. The summed E-state index contributed by atoms with van der Waals surface area (Å²) in [4.78, 5) is 26.3. The van der Waals surface area contributed by atoms with Crippen LogP contribution in [-0.2, 0) is 32.8 Å². The summed E-state index contributed by atoms with van der Waals surface area (Å²) in [6, 6.07) is 22.2. The molecule has 4 N–H and O–H groups in total. The van der Waals surface area contributed by atoms with Gasteiger partial charge in [-0.3, -0.25) is 9.59 Å². The molecule has 3 aromatic carbocycles. The summed E-state index contributed by atoms with van der Waals surface area (Å²) >= 11 is 0. The maximum Gasteiger partial charge on any atom is 0.283 e. The predicted octanol–water partition coefficient (Wildman–Crippen LogP) is 3.30. The lowest BCUT2D eigenvalue weighted by Gasteiger charge is -2.30. The van der Waals surface area contributed by atoms with Crippen LogP contribution in [-0.4, -0.2) is 60.1 Å². The molecule has 1 aliphatic rings. The minimum Gasteiger partial charge on any atom is -0.350 e. The van der Waals surface area contributed by atoms with Gasteiger partial charge in [0.05, 0.1) is 0 Å². The van der Waals surface area contributed by atoms with Crippen molar-refractivity contribution in [1.29, 1.82) is 0 Å². The minimum atomic E-state index is -3.85. The lowest BCUT2D eigenvalue weighted by atomic mass is 9.92. The summed E-state index contributed by atoms with van der Waals surface area (Å²) in [5.74, 6) is -1.65. The Kier molecular flexibility index (Phi) is 10.4. The van der Waals surface area contributed by atoms with Crippen LogP contribution in [0, 0.1) is 11.7 Å². The molecule has 4 rings (SSSR count). The Morgan fingerprint density at radius 2 is 1.48 bits per heavy atom. The summed E-state index contributed by atoms with van der Waals surface area (Å²) in [5.41, 5.74) is 8.88. The third kappa shape index (κ3) is 8.01. The van der Waals surface area contributed by atoms with Gasteiger partial charge >= 0.3 is 0 Å². The average Bonchev–Trinajstić information content (AvgIpc) is 3.27. The number of carbonyl (C=O) groups is 2. The fourth-order valence-corrected chi connectivity index (χ4v) is 6.75. The van der Waals surface area contributed by atoms with Crippen LogP contribution in [0.4, 0.5) is 10.1 Å². The van der Waals surface area contributed by atoms with E-state index in [0.717, 1.165) is 11.1 Å². The van der Waals surface area contributed by atoms with Crippen molar-refractivity contribution in [3.8, 4) is 0 Å². The third-order valence-electron chi connectivity index (χ3n) is 7.53. The highest BCUT2D eigenvalue weighted by atomic mass is 32.2. The quantitative estimate of drug-likeness (QED) is 0.296. The predicted molar refractivity (Wildman–Crippen MR) is 161 cm³/mol. The molecule has 0 unspecified atom stereocenters. The highest BCUT2D eigenvalue weighted by Gasteiger charge is 2.42. The second-order valence-electron chi connectivity index (χ2n) is 10.7. The van der Waals surface area contributed by atoms with Gasteiger partial charge in [0.2, 0.25) is 11.8 Å². The standard InChI is InChI=1S/C31H38FN5O4S/c1-22(30(38)34-27-15-13-26(32)14-16-27)19-28(33)29(20-24-9-5-3-6-10-24)35-31(39)23(2)37-18-17-36(42(37,40)41)21-25-11-7-4-8-12-25/h3-16,22-23,28-29H,17-21,33H2,1-2H3,(H,34,38)(H,35,39)/t22-,23-,28+,29+/m1/s1. The highest BCUT2D eigenvalue weighted by molar-refractivity contribution is 7.87. The van der Waals surface area contributed by atoms with Gasteiger partial charge in [0.15, 0.2) is 0 Å². The molecule has 4 atom stereocenters. The number of benzene rings is 3. The fourth-order valence-electron chi connectivity index (χ4n) is 5.02. The van der Waals surface area contributed by atoms with Crippen LogP contribution in [0.2, 0.25) is 0 Å². The normalized spacial score (nSPS) is 18.1. The van der Waals surface area contributed by atoms with E-state index in [-0.39, 0.29) is 32.0 Å². The monoisotopic (exact) mass is 595 g/mol. The van der Waals surface area contributed by atoms with E-state index in [4.69, 9.17) is 5.73 Å². The number of halogens is 1. The van der Waals surface area contributed by atoms with Gasteiger partial charge < -0.3 is 16.4 Å². The van der Waals surface area contributed by atoms with Gasteiger partial charge in [0, 0.05) is 43.3 Å². The largest absolute Gasteiger partial charge is 0.350 e. The van der Waals surface area contributed by atoms with Crippen molar-refractivity contribution in [2.24, 2.45) is 11.7 Å². The van der Waals surface area contributed by atoms with Crippen LogP contribution in [0.3, 0.4) is 0 Å². The van der Waals surface area contributed by atoms with Gasteiger partial charge in [-0.15, -0.1) is 0 Å². The van der Waals surface area contributed by atoms with Gasteiger partial charge in [-0.05, 0) is 55.2 Å². The Morgan fingerprint density at radius 3 is 2.10 bits per heavy atom. The van der Waals surface area contributed by atoms with Gasteiger partial charge in [0.25, 0.3) is 10.2 Å². The molecule has 1 saturated heterocycles. The van der Waals surface area contributed by atoms with E-state index in [9.17, 15) is 22.4 Å². The van der Waals surface area contributed by atoms with E-state index in [1.54, 1.807) is 13.8 Å². The van der Waals surface area contributed by atoms with Crippen LogP contribution in [0.25, 0.3) is 0 Å². The maximum atomic E-state index is 13.5. The average molecular weight is 596 g/mol. The summed E-state index contributed by atoms with van der Waals surface area (Å²) in [5, 5.41) is 5.75. The maximum absolute atomic E-state index is 13.5. The van der Waals surface area contributed by atoms with Crippen molar-refractivity contribution in [2.75, 3.05) is 18.4 Å². The first-order chi connectivity index (χ1) is 20.0. The molecule has 0 radical (unpaired) electrons. The smallest absolute Gasteiger partial charge is 0.283 e. The second kappa shape index (κ2) is 14.0. The summed E-state index contributed by atoms with van der Waals surface area (Å²) in [6.45, 7) is 4.01. The molecule has 42 heavy (non-hydrogen) atoms. The number of anilines is 1. The zero-order valence-corrected chi connectivity index (χ0v) is 24.6. The Balaban J connectivity index is 1.42. The van der Waals surface area contributed by atoms with Crippen molar-refractivity contribution in [1.82, 2.24) is 13.9 Å². The molecular formula is C31H38FN5O4S. The number of hydrogen-bond acceptors (Lipinski definition) is 5. The van der Waals surface area contributed by atoms with Crippen molar-refractivity contribution >= 4 is 27.7 Å². The first-order valence-electron chi connectivity index (χ1n) is 14.0. The lowest BCUT2D eigenvalue weighted by Crippen LogP contribution is -2.55. The zero-order valence-electron chi connectivity index (χ0n) is 23.8. The van der Waals surface area contributed by atoms with E-state index in [0.29, 0.717) is 12.1 Å². The van der Waals surface area contributed by atoms with Gasteiger partial charge in [-0.25, -0.2) is 4.39 Å². The van der Waals surface area contributed by atoms with Crippen LogP contribution in [0.5, 0.6) is 0 Å². The fraction of sp³-hybridized carbons (Fsp3) is 0.355. The number of nitrogens with one attached hydrogen (secondary N) is 2. The van der Waals surface area contributed by atoms with Crippen LogP contribution in [0.15, 0.2) is 84.9 Å². The van der Waals surface area contributed by atoms with Crippen molar-refractivity contribution in [2.45, 2.75) is 51.4 Å². The number of rotatable bonds is 12. The molecule has 1 heterocycles. The van der Waals surface area contributed by atoms with Crippen molar-refractivity contribution in [3.63, 3.8) is 0 Å². The Labute approximate surface area is 247 Å². The molecule has 0 bridgehead atoms. The molecule has 1 fully saturated rings. The van der Waals surface area contributed by atoms with E-state index in [1.807, 2.05) is 60.7 Å². The summed E-state index contributed by atoms with van der Waals surface area (Å²) < 4.78 is 42.5. The second-order valence-corrected chi connectivity index (χ2v) is 12.6. The molecule has 11 heteroatoms. The minimum absolute atomic E-state index is 0.194. The van der Waals surface area contributed by atoms with Gasteiger partial charge in [-0.2, -0.15) is 17.0 Å². The van der Waals surface area contributed by atoms with E-state index < -0.39 is 46.0 Å². The topological polar surface area (TPSA) is 125 Å². The van der Waals surface area contributed by atoms with E-state index in [1.165, 1.54) is 32.9 Å². The molecule has 0 aromatic heterocycles. The van der Waals surface area contributed by atoms with Gasteiger partial charge in [0.1, 0.15) is 11.9 Å². The highest BCUT2D eigenvalue weighted by Crippen LogP contribution is 2.23. The number of nitrogens with two attached hydrogens (primary N) is 1. The van der Waals surface area contributed by atoms with Crippen LogP contribution in [0.1, 0.15) is 31.4 Å². The molecular weight excluding hydrogens is 557 g/mol. The summed E-state index contributed by atoms with van der Waals surface area (Å²) in [7, 11) is -3.85. The van der Waals surface area contributed by atoms with Crippen LogP contribution >= 0.6 is 0 Å². The first kappa shape index (κ1) is 31.3. The Hall–Kier alpha value is -3.64. The SMILES string of the molecule is C[C@H](C[C@H](N)[C@H](Cc1ccccc1)NC(=O)[C@@H](C)N1CCN(Cc2ccccc2)S1(=O)=O)C(=O)Nc1ccc(F)cc1. The molecule has 2 amide bonds. The summed E-state index contributed by atoms with van der Waals surface area (Å²) in [6.07, 6.45) is 0.658. The first-order valence-corrected chi connectivity index (χ1v) is 15.4. The molecule has 1 aliphatic heterocycles. The number of carbonyl (C=O) groups excluding carboxylic acids is 2. The van der Waals surface area contributed by atoms with Crippen molar-refractivity contribution < 1.29 is 22.4 Å². The molecule has 3 aromatic rings. The Bertz CT molecular complexity index is 1440. The number of amides is 2. The van der Waals surface area contributed by atoms with Gasteiger partial charge in [-0.1, -0.05) is 67.6 Å². The molecule has 0 saturated carbocycles. The number of hydrogen-bond donors (Lipinski definition) is 3. The Morgan fingerprint density at radius 1 is 0.881 bits per heavy atom. The van der Waals surface area contributed by atoms with Crippen LogP contribution < -0.4 is 16.4 Å². The molecule has 0 aliphatic carbocycles. The lowest BCUT2D eigenvalue weighted by molar-refractivity contribution is -0.125. The molecule has 0 spiro atoms. The zero-order chi connectivity index (χ0) is 30.3.